The summed E-state index contributed by atoms with van der Waals surface area (Å²) < 4.78 is 1.93. The van der Waals surface area contributed by atoms with Crippen LogP contribution in [0.5, 0.6) is 0 Å². The van der Waals surface area contributed by atoms with Gasteiger partial charge in [0.25, 0.3) is 0 Å². The van der Waals surface area contributed by atoms with Gasteiger partial charge in [0.2, 0.25) is 0 Å². The highest BCUT2D eigenvalue weighted by Crippen LogP contribution is 2.27. The van der Waals surface area contributed by atoms with E-state index in [0.717, 1.165) is 13.0 Å². The minimum Gasteiger partial charge on any atom is -0.380 e. The molecule has 0 saturated carbocycles. The number of aliphatic hydroxyl groups excluding tert-OH is 1. The van der Waals surface area contributed by atoms with Gasteiger partial charge in [-0.1, -0.05) is 30.1 Å². The molecule has 0 radical (unpaired) electrons. The zero-order valence-corrected chi connectivity index (χ0v) is 11.5. The molecule has 0 aliphatic rings. The molecule has 1 heterocycles. The van der Waals surface area contributed by atoms with E-state index < -0.39 is 6.10 Å². The first-order valence-electron chi connectivity index (χ1n) is 5.77. The second-order valence-electron chi connectivity index (χ2n) is 4.08. The van der Waals surface area contributed by atoms with Crippen molar-refractivity contribution in [2.24, 2.45) is 0 Å². The fourth-order valence-electron chi connectivity index (χ4n) is 1.88. The van der Waals surface area contributed by atoms with E-state index in [1.807, 2.05) is 10.8 Å². The van der Waals surface area contributed by atoms with Crippen molar-refractivity contribution >= 4 is 23.2 Å². The molecular weight excluding hydrogens is 271 g/mol. The lowest BCUT2D eigenvalue weighted by Gasteiger charge is -2.13. The lowest BCUT2D eigenvalue weighted by Crippen LogP contribution is -2.09. The van der Waals surface area contributed by atoms with Crippen molar-refractivity contribution in [2.75, 3.05) is 0 Å². The molecule has 0 bridgehead atoms. The van der Waals surface area contributed by atoms with Gasteiger partial charge in [-0.3, -0.25) is 0 Å². The number of aryl methyl sites for hydroxylation is 1. The molecule has 1 unspecified atom stereocenters. The number of halogens is 2. The maximum Gasteiger partial charge on any atom is 0.142 e. The summed E-state index contributed by atoms with van der Waals surface area (Å²) in [5.74, 6) is 0.607. The van der Waals surface area contributed by atoms with E-state index in [9.17, 15) is 5.11 Å². The monoisotopic (exact) mass is 284 g/mol. The molecule has 0 aliphatic carbocycles. The molecule has 1 aromatic carbocycles. The van der Waals surface area contributed by atoms with Gasteiger partial charge in [-0.15, -0.1) is 0 Å². The summed E-state index contributed by atoms with van der Waals surface area (Å²) in [7, 11) is 0. The molecule has 1 atom stereocenters. The number of imidazole rings is 1. The van der Waals surface area contributed by atoms with Gasteiger partial charge in [0.15, 0.2) is 0 Å². The molecule has 1 aromatic heterocycles. The summed E-state index contributed by atoms with van der Waals surface area (Å²) in [4.78, 5) is 4.20. The van der Waals surface area contributed by atoms with Crippen LogP contribution < -0.4 is 0 Å². The number of aromatic nitrogens is 2. The number of hydrogen-bond donors (Lipinski definition) is 1. The number of rotatable bonds is 4. The lowest BCUT2D eigenvalue weighted by atomic mass is 10.1. The Bertz CT molecular complexity index is 519. The van der Waals surface area contributed by atoms with Gasteiger partial charge in [-0.05, 0) is 30.2 Å². The highest BCUT2D eigenvalue weighted by atomic mass is 35.5. The zero-order valence-electron chi connectivity index (χ0n) is 9.98. The van der Waals surface area contributed by atoms with Crippen molar-refractivity contribution in [3.63, 3.8) is 0 Å². The van der Waals surface area contributed by atoms with E-state index in [-0.39, 0.29) is 0 Å². The largest absolute Gasteiger partial charge is 0.380 e. The Kier molecular flexibility index (Phi) is 4.27. The summed E-state index contributed by atoms with van der Waals surface area (Å²) in [5.41, 5.74) is 0.649. The van der Waals surface area contributed by atoms with Crippen LogP contribution in [0, 0.1) is 0 Å². The number of benzene rings is 1. The summed E-state index contributed by atoms with van der Waals surface area (Å²) in [6.45, 7) is 2.90. The highest BCUT2D eigenvalue weighted by molar-refractivity contribution is 6.34. The maximum absolute atomic E-state index is 10.3. The first-order valence-corrected chi connectivity index (χ1v) is 6.52. The van der Waals surface area contributed by atoms with E-state index in [0.29, 0.717) is 21.4 Å². The van der Waals surface area contributed by atoms with Crippen molar-refractivity contribution in [1.82, 2.24) is 9.55 Å². The van der Waals surface area contributed by atoms with E-state index >= 15 is 0 Å². The van der Waals surface area contributed by atoms with Crippen LogP contribution in [-0.4, -0.2) is 14.7 Å². The Morgan fingerprint density at radius 1 is 1.28 bits per heavy atom. The van der Waals surface area contributed by atoms with Gasteiger partial charge < -0.3 is 9.67 Å². The lowest BCUT2D eigenvalue weighted by molar-refractivity contribution is 0.204. The first kappa shape index (κ1) is 13.4. The van der Waals surface area contributed by atoms with Crippen molar-refractivity contribution in [3.8, 4) is 0 Å². The zero-order chi connectivity index (χ0) is 13.1. The highest BCUT2D eigenvalue weighted by Gasteiger charge is 2.16. The molecule has 0 aliphatic heterocycles. The van der Waals surface area contributed by atoms with Crippen LogP contribution in [0.2, 0.25) is 10.0 Å². The molecule has 0 fully saturated rings. The number of nitrogens with zero attached hydrogens (tertiary/aromatic N) is 2. The molecule has 0 saturated heterocycles. The Morgan fingerprint density at radius 2 is 1.94 bits per heavy atom. The third kappa shape index (κ3) is 2.86. The Balaban J connectivity index is 2.34. The Labute approximate surface area is 116 Å². The van der Waals surface area contributed by atoms with Crippen molar-refractivity contribution in [2.45, 2.75) is 26.0 Å². The molecule has 1 N–H and O–H groups in total. The van der Waals surface area contributed by atoms with Gasteiger partial charge in [0.1, 0.15) is 11.9 Å². The van der Waals surface area contributed by atoms with Crippen molar-refractivity contribution in [1.29, 1.82) is 0 Å². The van der Waals surface area contributed by atoms with Gasteiger partial charge in [0, 0.05) is 29.0 Å². The standard InChI is InChI=1S/C13H14Cl2N2O/c1-2-4-17-5-3-16-13(17)12(18)9-6-10(14)8-11(15)7-9/h3,5-8,12,18H,2,4H2,1H3. The third-order valence-electron chi connectivity index (χ3n) is 2.66. The predicted octanol–water partition coefficient (Wildman–Crippen LogP) is 3.68. The van der Waals surface area contributed by atoms with E-state index in [1.54, 1.807) is 24.4 Å². The van der Waals surface area contributed by atoms with Crippen molar-refractivity contribution < 1.29 is 5.11 Å². The van der Waals surface area contributed by atoms with Crippen LogP contribution in [0.4, 0.5) is 0 Å². The van der Waals surface area contributed by atoms with E-state index in [2.05, 4.69) is 11.9 Å². The minimum atomic E-state index is -0.817. The Morgan fingerprint density at radius 3 is 2.56 bits per heavy atom. The van der Waals surface area contributed by atoms with Crippen molar-refractivity contribution in [3.05, 3.63) is 52.0 Å². The topological polar surface area (TPSA) is 38.0 Å². The minimum absolute atomic E-state index is 0.505. The van der Waals surface area contributed by atoms with E-state index in [1.165, 1.54) is 0 Å². The SMILES string of the molecule is CCCn1ccnc1C(O)c1cc(Cl)cc(Cl)c1. The second-order valence-corrected chi connectivity index (χ2v) is 4.96. The van der Waals surface area contributed by atoms with Crippen LogP contribution in [0.15, 0.2) is 30.6 Å². The molecule has 18 heavy (non-hydrogen) atoms. The summed E-state index contributed by atoms with van der Waals surface area (Å²) in [5, 5.41) is 11.3. The molecular formula is C13H14Cl2N2O. The molecule has 3 nitrogen and oxygen atoms in total. The molecule has 96 valence electrons. The molecule has 2 aromatic rings. The van der Waals surface area contributed by atoms with Gasteiger partial charge >= 0.3 is 0 Å². The number of aliphatic hydroxyl groups is 1. The fourth-order valence-corrected chi connectivity index (χ4v) is 2.42. The van der Waals surface area contributed by atoms with Crippen LogP contribution in [0.25, 0.3) is 0 Å². The fraction of sp³-hybridized carbons (Fsp3) is 0.308. The van der Waals surface area contributed by atoms with Gasteiger partial charge in [-0.25, -0.2) is 4.98 Å². The van der Waals surface area contributed by atoms with Crippen LogP contribution >= 0.6 is 23.2 Å². The Hall–Kier alpha value is -1.03. The number of hydrogen-bond acceptors (Lipinski definition) is 2. The smallest absolute Gasteiger partial charge is 0.142 e. The van der Waals surface area contributed by atoms with Crippen LogP contribution in [-0.2, 0) is 6.54 Å². The molecule has 2 rings (SSSR count). The van der Waals surface area contributed by atoms with Gasteiger partial charge in [0.05, 0.1) is 0 Å². The maximum atomic E-state index is 10.3. The second kappa shape index (κ2) is 5.74. The average Bonchev–Trinajstić information content (AvgIpc) is 2.75. The summed E-state index contributed by atoms with van der Waals surface area (Å²) in [6.07, 6.45) is 3.70. The normalized spacial score (nSPS) is 12.7. The quantitative estimate of drug-likeness (QED) is 0.930. The van der Waals surface area contributed by atoms with Crippen LogP contribution in [0.3, 0.4) is 0 Å². The van der Waals surface area contributed by atoms with Crippen LogP contribution in [0.1, 0.15) is 30.8 Å². The van der Waals surface area contributed by atoms with E-state index in [4.69, 9.17) is 23.2 Å². The average molecular weight is 285 g/mol. The predicted molar refractivity (Wildman–Crippen MR) is 73.0 cm³/mol. The molecule has 0 amide bonds. The molecule has 0 spiro atoms. The first-order chi connectivity index (χ1) is 8.61. The third-order valence-corrected chi connectivity index (χ3v) is 3.09. The summed E-state index contributed by atoms with van der Waals surface area (Å²) in [6, 6.07) is 5.03. The van der Waals surface area contributed by atoms with Gasteiger partial charge in [-0.2, -0.15) is 0 Å². The molecule has 5 heteroatoms. The summed E-state index contributed by atoms with van der Waals surface area (Å²) >= 11 is 11.9.